The Kier molecular flexibility index (Phi) is 14.0. The van der Waals surface area contributed by atoms with E-state index in [0.717, 1.165) is 11.1 Å². The Hall–Kier alpha value is -5.12. The van der Waals surface area contributed by atoms with Crippen LogP contribution in [0.2, 0.25) is 0 Å². The van der Waals surface area contributed by atoms with Gasteiger partial charge in [-0.25, -0.2) is 9.59 Å². The molecular weight excluding hydrogens is 646 g/mol. The van der Waals surface area contributed by atoms with Gasteiger partial charge in [0.15, 0.2) is 0 Å². The average Bonchev–Trinajstić information content (AvgIpc) is 3.05. The van der Waals surface area contributed by atoms with Gasteiger partial charge in [0.1, 0.15) is 35.1 Å². The molecule has 4 unspecified atom stereocenters. The van der Waals surface area contributed by atoms with Crippen molar-refractivity contribution in [2.75, 3.05) is 0 Å². The maximum absolute atomic E-state index is 14.9. The van der Waals surface area contributed by atoms with Crippen molar-refractivity contribution in [1.29, 1.82) is 0 Å². The van der Waals surface area contributed by atoms with E-state index >= 15 is 0 Å². The minimum atomic E-state index is -1.23. The summed E-state index contributed by atoms with van der Waals surface area (Å²) in [5.41, 5.74) is 1.03. The highest BCUT2D eigenvalue weighted by Crippen LogP contribution is 2.29. The number of nitrogens with zero attached hydrogens (tertiary/aromatic N) is 1. The molecule has 0 bridgehead atoms. The molecule has 0 aromatic heterocycles. The van der Waals surface area contributed by atoms with Gasteiger partial charge >= 0.3 is 12.1 Å². The molecule has 3 rings (SSSR count). The van der Waals surface area contributed by atoms with Crippen molar-refractivity contribution in [3.05, 3.63) is 108 Å². The largest absolute Gasteiger partial charge is 0.508 e. The van der Waals surface area contributed by atoms with Gasteiger partial charge in [0.25, 0.3) is 0 Å². The maximum Gasteiger partial charge on any atom is 0.408 e. The highest BCUT2D eigenvalue weighted by molar-refractivity contribution is 5.94. The summed E-state index contributed by atoms with van der Waals surface area (Å²) in [7, 11) is 0. The number of alkyl carbamates (subject to hydrolysis) is 1. The van der Waals surface area contributed by atoms with Crippen LogP contribution in [0.25, 0.3) is 6.08 Å². The first-order chi connectivity index (χ1) is 23.9. The van der Waals surface area contributed by atoms with E-state index in [1.807, 2.05) is 50.2 Å². The molecule has 0 spiro atoms. The van der Waals surface area contributed by atoms with Gasteiger partial charge in [-0.15, -0.1) is 0 Å². The smallest absolute Gasteiger partial charge is 0.408 e. The SMILES string of the molecule is C=Cc1cccc(C(C(=O)NC(Cc2ccccc2)C(=O)OC(C)(C)C)N(C(=O)C(Cc2ccc(O)cc2)NC(=O)OC(C)(C)C)C(C)CC)c1. The van der Waals surface area contributed by atoms with Crippen LogP contribution < -0.4 is 10.6 Å². The topological polar surface area (TPSA) is 134 Å². The second kappa shape index (κ2) is 17.7. The van der Waals surface area contributed by atoms with E-state index in [2.05, 4.69) is 17.2 Å². The van der Waals surface area contributed by atoms with Crippen LogP contribution in [0, 0.1) is 0 Å². The lowest BCUT2D eigenvalue weighted by Crippen LogP contribution is -2.57. The van der Waals surface area contributed by atoms with Gasteiger partial charge in [-0.1, -0.05) is 80.2 Å². The van der Waals surface area contributed by atoms with E-state index in [-0.39, 0.29) is 18.6 Å². The minimum Gasteiger partial charge on any atom is -0.508 e. The average molecular weight is 700 g/mol. The number of carbonyl (C=O) groups excluding carboxylic acids is 4. The summed E-state index contributed by atoms with van der Waals surface area (Å²) >= 11 is 0. The number of amides is 3. The predicted molar refractivity (Wildman–Crippen MR) is 199 cm³/mol. The van der Waals surface area contributed by atoms with Gasteiger partial charge in [0.05, 0.1) is 0 Å². The summed E-state index contributed by atoms with van der Waals surface area (Å²) in [4.78, 5) is 57.9. The number of carbonyl (C=O) groups is 4. The molecule has 10 heteroatoms. The van der Waals surface area contributed by atoms with Crippen molar-refractivity contribution in [2.24, 2.45) is 0 Å². The summed E-state index contributed by atoms with van der Waals surface area (Å²) in [6.45, 7) is 18.0. The van der Waals surface area contributed by atoms with Gasteiger partial charge in [-0.3, -0.25) is 9.59 Å². The Bertz CT molecular complexity index is 1640. The number of esters is 1. The van der Waals surface area contributed by atoms with Crippen molar-refractivity contribution in [3.63, 3.8) is 0 Å². The van der Waals surface area contributed by atoms with Gasteiger partial charge in [0, 0.05) is 18.9 Å². The second-order valence-electron chi connectivity index (χ2n) is 14.6. The van der Waals surface area contributed by atoms with Crippen LogP contribution in [0.15, 0.2) is 85.4 Å². The number of hydrogen-bond donors (Lipinski definition) is 3. The highest BCUT2D eigenvalue weighted by Gasteiger charge is 2.40. The lowest BCUT2D eigenvalue weighted by Gasteiger charge is -2.39. The fourth-order valence-electron chi connectivity index (χ4n) is 5.45. The van der Waals surface area contributed by atoms with E-state index in [4.69, 9.17) is 9.47 Å². The Labute approximate surface area is 302 Å². The summed E-state index contributed by atoms with van der Waals surface area (Å²) in [6.07, 6.45) is 1.51. The van der Waals surface area contributed by atoms with E-state index in [0.29, 0.717) is 17.5 Å². The number of ether oxygens (including phenoxy) is 2. The molecule has 4 atom stereocenters. The molecule has 3 N–H and O–H groups in total. The van der Waals surface area contributed by atoms with Crippen LogP contribution in [0.3, 0.4) is 0 Å². The molecule has 0 fully saturated rings. The quantitative estimate of drug-likeness (QED) is 0.156. The molecule has 0 saturated carbocycles. The summed E-state index contributed by atoms with van der Waals surface area (Å²) in [5.74, 6) is -1.70. The molecule has 0 aliphatic heterocycles. The van der Waals surface area contributed by atoms with Crippen LogP contribution in [-0.4, -0.2) is 63.2 Å². The van der Waals surface area contributed by atoms with Crippen LogP contribution in [0.1, 0.15) is 90.1 Å². The zero-order valence-electron chi connectivity index (χ0n) is 31.1. The number of benzene rings is 3. The number of hydrogen-bond acceptors (Lipinski definition) is 7. The third-order valence-electron chi connectivity index (χ3n) is 7.96. The Morgan fingerprint density at radius 1 is 0.804 bits per heavy atom. The molecule has 3 aromatic carbocycles. The third-order valence-corrected chi connectivity index (χ3v) is 7.96. The Morgan fingerprint density at radius 2 is 1.39 bits per heavy atom. The normalized spacial score (nSPS) is 13.9. The van der Waals surface area contributed by atoms with Crippen molar-refractivity contribution in [2.45, 2.75) is 110 Å². The fourth-order valence-corrected chi connectivity index (χ4v) is 5.45. The fraction of sp³-hybridized carbons (Fsp3) is 0.415. The summed E-state index contributed by atoms with van der Waals surface area (Å²) in [6, 6.07) is 18.7. The molecule has 0 aliphatic carbocycles. The minimum absolute atomic E-state index is 0.0425. The number of nitrogens with one attached hydrogen (secondary N) is 2. The van der Waals surface area contributed by atoms with Gasteiger partial charge in [-0.2, -0.15) is 0 Å². The number of aromatic hydroxyl groups is 1. The summed E-state index contributed by atoms with van der Waals surface area (Å²) < 4.78 is 11.3. The predicted octanol–water partition coefficient (Wildman–Crippen LogP) is 6.91. The van der Waals surface area contributed by atoms with Crippen LogP contribution in [0.4, 0.5) is 4.79 Å². The first kappa shape index (κ1) is 40.3. The molecular formula is C41H53N3O7. The monoisotopic (exact) mass is 699 g/mol. The first-order valence-corrected chi connectivity index (χ1v) is 17.3. The molecule has 51 heavy (non-hydrogen) atoms. The van der Waals surface area contributed by atoms with E-state index in [1.54, 1.807) is 78.0 Å². The number of phenols is 1. The lowest BCUT2D eigenvalue weighted by molar-refractivity contribution is -0.159. The number of phenolic OH excluding ortho intramolecular Hbond substituents is 1. The molecule has 3 aromatic rings. The van der Waals surface area contributed by atoms with Crippen LogP contribution in [0.5, 0.6) is 5.75 Å². The molecule has 10 nitrogen and oxygen atoms in total. The standard InChI is InChI=1S/C41H53N3O7/c1-10-27(3)44(37(47)33(43-39(49)51-41(7,8)9)25-30-20-22-32(45)23-21-30)35(31-19-15-18-28(11-2)24-31)36(46)42-34(38(48)50-40(4,5)6)26-29-16-13-12-14-17-29/h11-24,27,33-35,45H,2,10,25-26H2,1,3-9H3,(H,42,46)(H,43,49). The molecule has 0 heterocycles. The Morgan fingerprint density at radius 3 is 1.96 bits per heavy atom. The molecule has 0 saturated heterocycles. The zero-order valence-corrected chi connectivity index (χ0v) is 31.1. The molecule has 3 amide bonds. The summed E-state index contributed by atoms with van der Waals surface area (Å²) in [5, 5.41) is 15.6. The highest BCUT2D eigenvalue weighted by atomic mass is 16.6. The van der Waals surface area contributed by atoms with Crippen LogP contribution in [-0.2, 0) is 36.7 Å². The first-order valence-electron chi connectivity index (χ1n) is 17.3. The van der Waals surface area contributed by atoms with Gasteiger partial charge in [-0.05, 0) is 95.3 Å². The number of rotatable bonds is 14. The van der Waals surface area contributed by atoms with Crippen molar-refractivity contribution >= 4 is 30.0 Å². The molecule has 274 valence electrons. The van der Waals surface area contributed by atoms with E-state index in [9.17, 15) is 24.3 Å². The van der Waals surface area contributed by atoms with Gasteiger partial charge in [0.2, 0.25) is 11.8 Å². The lowest BCUT2D eigenvalue weighted by atomic mass is 9.96. The van der Waals surface area contributed by atoms with Crippen molar-refractivity contribution in [3.8, 4) is 5.75 Å². The van der Waals surface area contributed by atoms with E-state index < -0.39 is 59.2 Å². The zero-order chi connectivity index (χ0) is 37.9. The van der Waals surface area contributed by atoms with Crippen molar-refractivity contribution in [1.82, 2.24) is 15.5 Å². The van der Waals surface area contributed by atoms with Crippen LogP contribution >= 0.6 is 0 Å². The Balaban J connectivity index is 2.16. The maximum atomic E-state index is 14.9. The van der Waals surface area contributed by atoms with Gasteiger partial charge < -0.3 is 30.1 Å². The van der Waals surface area contributed by atoms with E-state index in [1.165, 1.54) is 17.0 Å². The third kappa shape index (κ3) is 12.6. The van der Waals surface area contributed by atoms with Crippen molar-refractivity contribution < 1.29 is 33.8 Å². The second-order valence-corrected chi connectivity index (χ2v) is 14.6. The molecule has 0 radical (unpaired) electrons. The molecule has 0 aliphatic rings.